The van der Waals surface area contributed by atoms with E-state index >= 15 is 0 Å². The van der Waals surface area contributed by atoms with Gasteiger partial charge in [0.05, 0.1) is 15.5 Å². The van der Waals surface area contributed by atoms with Gasteiger partial charge in [-0.2, -0.15) is 17.5 Å². The van der Waals surface area contributed by atoms with Crippen molar-refractivity contribution in [1.29, 1.82) is 0 Å². The number of alkyl halides is 3. The van der Waals surface area contributed by atoms with Gasteiger partial charge < -0.3 is 9.64 Å². The molecular formula is C24H18Cl2F3N3O6S. The van der Waals surface area contributed by atoms with Crippen molar-refractivity contribution in [3.05, 3.63) is 92.0 Å². The molecule has 9 nitrogen and oxygen atoms in total. The number of hydrogen-bond acceptors (Lipinski definition) is 6. The van der Waals surface area contributed by atoms with E-state index in [2.05, 4.69) is 0 Å². The van der Waals surface area contributed by atoms with Crippen molar-refractivity contribution in [3.8, 4) is 11.5 Å². The minimum atomic E-state index is -4.55. The van der Waals surface area contributed by atoms with Crippen LogP contribution in [0.2, 0.25) is 10.0 Å². The van der Waals surface area contributed by atoms with E-state index < -0.39 is 43.2 Å². The number of amides is 1. The lowest BCUT2D eigenvalue weighted by Crippen LogP contribution is -2.50. The molecule has 1 fully saturated rings. The quantitative estimate of drug-likeness (QED) is 0.258. The standard InChI is InChI=1S/C24H18Cl2F3N3O6S/c25-17-5-7-19(26)21(13-17)38-20-8-6-18(32(34)35)14-22(20)39(36,37)31-11-9-30(10-12-31)23(33)15-1-3-16(4-2-15)24(27,28)29/h1-8,13-14H,9-12H2. The van der Waals surface area contributed by atoms with E-state index in [-0.39, 0.29) is 53.3 Å². The van der Waals surface area contributed by atoms with Gasteiger partial charge in [-0.1, -0.05) is 23.2 Å². The molecule has 0 aromatic heterocycles. The molecule has 0 saturated carbocycles. The Morgan fingerprint density at radius 2 is 1.56 bits per heavy atom. The Bertz CT molecular complexity index is 1530. The van der Waals surface area contributed by atoms with Gasteiger partial charge in [-0.05, 0) is 42.5 Å². The molecule has 1 saturated heterocycles. The molecule has 39 heavy (non-hydrogen) atoms. The average Bonchev–Trinajstić information content (AvgIpc) is 2.90. The van der Waals surface area contributed by atoms with Crippen molar-refractivity contribution >= 4 is 44.8 Å². The summed E-state index contributed by atoms with van der Waals surface area (Å²) < 4.78 is 72.3. The first kappa shape index (κ1) is 28.6. The molecule has 0 spiro atoms. The van der Waals surface area contributed by atoms with Crippen molar-refractivity contribution in [1.82, 2.24) is 9.21 Å². The predicted octanol–water partition coefficient (Wildman–Crippen LogP) is 5.86. The van der Waals surface area contributed by atoms with Gasteiger partial charge in [0.15, 0.2) is 0 Å². The molecule has 1 aliphatic heterocycles. The zero-order valence-electron chi connectivity index (χ0n) is 19.7. The molecule has 206 valence electrons. The number of non-ortho nitro benzene ring substituents is 1. The third-order valence-electron chi connectivity index (χ3n) is 5.85. The van der Waals surface area contributed by atoms with Gasteiger partial charge in [0.25, 0.3) is 11.6 Å². The Morgan fingerprint density at radius 3 is 2.15 bits per heavy atom. The van der Waals surface area contributed by atoms with Crippen LogP contribution in [-0.4, -0.2) is 54.6 Å². The van der Waals surface area contributed by atoms with Crippen LogP contribution >= 0.6 is 23.2 Å². The summed E-state index contributed by atoms with van der Waals surface area (Å²) in [5.41, 5.74) is -1.37. The lowest BCUT2D eigenvalue weighted by molar-refractivity contribution is -0.385. The van der Waals surface area contributed by atoms with Gasteiger partial charge in [-0.15, -0.1) is 0 Å². The van der Waals surface area contributed by atoms with Gasteiger partial charge in [-0.25, -0.2) is 8.42 Å². The van der Waals surface area contributed by atoms with Crippen LogP contribution < -0.4 is 4.74 Å². The molecular weight excluding hydrogens is 586 g/mol. The number of halogens is 5. The Morgan fingerprint density at radius 1 is 0.923 bits per heavy atom. The number of ether oxygens (including phenoxy) is 1. The molecule has 0 unspecified atom stereocenters. The number of carbonyl (C=O) groups is 1. The van der Waals surface area contributed by atoms with Crippen molar-refractivity contribution in [3.63, 3.8) is 0 Å². The van der Waals surface area contributed by atoms with E-state index in [0.29, 0.717) is 0 Å². The van der Waals surface area contributed by atoms with E-state index in [4.69, 9.17) is 27.9 Å². The monoisotopic (exact) mass is 603 g/mol. The molecule has 3 aromatic carbocycles. The Kier molecular flexibility index (Phi) is 8.07. The predicted molar refractivity (Wildman–Crippen MR) is 136 cm³/mol. The lowest BCUT2D eigenvalue weighted by atomic mass is 10.1. The van der Waals surface area contributed by atoms with Crippen LogP contribution in [0.3, 0.4) is 0 Å². The van der Waals surface area contributed by atoms with Crippen molar-refractivity contribution in [2.24, 2.45) is 0 Å². The maximum Gasteiger partial charge on any atom is 0.416 e. The summed E-state index contributed by atoms with van der Waals surface area (Å²) in [4.78, 5) is 24.2. The maximum absolute atomic E-state index is 13.6. The van der Waals surface area contributed by atoms with Crippen LogP contribution in [0.25, 0.3) is 0 Å². The first-order valence-electron chi connectivity index (χ1n) is 11.2. The van der Waals surface area contributed by atoms with E-state index in [1.54, 1.807) is 0 Å². The summed E-state index contributed by atoms with van der Waals surface area (Å²) in [5, 5.41) is 11.7. The Hall–Kier alpha value is -3.39. The normalized spacial score (nSPS) is 14.7. The number of sulfonamides is 1. The second-order valence-corrected chi connectivity index (χ2v) is 11.1. The van der Waals surface area contributed by atoms with Crippen molar-refractivity contribution in [2.45, 2.75) is 11.1 Å². The summed E-state index contributed by atoms with van der Waals surface area (Å²) in [6, 6.07) is 11.1. The van der Waals surface area contributed by atoms with E-state index in [1.807, 2.05) is 0 Å². The van der Waals surface area contributed by atoms with Gasteiger partial charge >= 0.3 is 6.18 Å². The van der Waals surface area contributed by atoms with Crippen LogP contribution in [0.5, 0.6) is 11.5 Å². The largest absolute Gasteiger partial charge is 0.454 e. The van der Waals surface area contributed by atoms with Crippen LogP contribution in [0.4, 0.5) is 18.9 Å². The fraction of sp³-hybridized carbons (Fsp3) is 0.208. The van der Waals surface area contributed by atoms with Crippen molar-refractivity contribution < 1.29 is 36.0 Å². The minimum Gasteiger partial charge on any atom is -0.454 e. The summed E-state index contributed by atoms with van der Waals surface area (Å²) in [7, 11) is -4.36. The summed E-state index contributed by atoms with van der Waals surface area (Å²) in [5.74, 6) is -0.759. The number of nitro groups is 1. The van der Waals surface area contributed by atoms with Crippen LogP contribution in [-0.2, 0) is 16.2 Å². The Balaban J connectivity index is 1.56. The first-order chi connectivity index (χ1) is 18.3. The van der Waals surface area contributed by atoms with Crippen molar-refractivity contribution in [2.75, 3.05) is 26.2 Å². The summed E-state index contributed by atoms with van der Waals surface area (Å²) >= 11 is 12.1. The molecule has 0 atom stereocenters. The van der Waals surface area contributed by atoms with E-state index in [9.17, 15) is 36.5 Å². The molecule has 1 amide bonds. The fourth-order valence-electron chi connectivity index (χ4n) is 3.83. The van der Waals surface area contributed by atoms with Gasteiger partial charge in [0.1, 0.15) is 16.4 Å². The lowest BCUT2D eigenvalue weighted by Gasteiger charge is -2.34. The molecule has 0 radical (unpaired) electrons. The van der Waals surface area contributed by atoms with Gasteiger partial charge in [0.2, 0.25) is 10.0 Å². The highest BCUT2D eigenvalue weighted by Crippen LogP contribution is 2.38. The second-order valence-electron chi connectivity index (χ2n) is 8.34. The number of nitrogens with zero attached hydrogens (tertiary/aromatic N) is 3. The molecule has 3 aromatic rings. The second kappa shape index (κ2) is 11.0. The van der Waals surface area contributed by atoms with E-state index in [1.165, 1.54) is 23.1 Å². The zero-order valence-corrected chi connectivity index (χ0v) is 22.0. The average molecular weight is 604 g/mol. The third-order valence-corrected chi connectivity index (χ3v) is 8.32. The van der Waals surface area contributed by atoms with Crippen LogP contribution in [0, 0.1) is 10.1 Å². The third kappa shape index (κ3) is 6.27. The molecule has 0 aliphatic carbocycles. The fourth-order valence-corrected chi connectivity index (χ4v) is 5.70. The van der Waals surface area contributed by atoms with E-state index in [0.717, 1.165) is 46.8 Å². The summed E-state index contributed by atoms with van der Waals surface area (Å²) in [6.07, 6.45) is -4.55. The number of rotatable bonds is 6. The minimum absolute atomic E-state index is 0.0204. The maximum atomic E-state index is 13.6. The number of piperazine rings is 1. The molecule has 4 rings (SSSR count). The Labute approximate surface area is 230 Å². The molecule has 0 bridgehead atoms. The number of carbonyl (C=O) groups excluding carboxylic acids is 1. The smallest absolute Gasteiger partial charge is 0.416 e. The topological polar surface area (TPSA) is 110 Å². The SMILES string of the molecule is O=C(c1ccc(C(F)(F)F)cc1)N1CCN(S(=O)(=O)c2cc([N+](=O)[O-])ccc2Oc2cc(Cl)ccc2Cl)CC1. The highest BCUT2D eigenvalue weighted by molar-refractivity contribution is 7.89. The number of nitro benzene ring substituents is 1. The van der Waals surface area contributed by atoms with Gasteiger partial charge in [-0.3, -0.25) is 14.9 Å². The number of hydrogen-bond donors (Lipinski definition) is 0. The number of benzene rings is 3. The molecule has 1 aliphatic rings. The van der Waals surface area contributed by atoms with Gasteiger partial charge in [0, 0.05) is 55.0 Å². The molecule has 1 heterocycles. The first-order valence-corrected chi connectivity index (χ1v) is 13.3. The highest BCUT2D eigenvalue weighted by Gasteiger charge is 2.35. The highest BCUT2D eigenvalue weighted by atomic mass is 35.5. The van der Waals surface area contributed by atoms with Crippen LogP contribution in [0.1, 0.15) is 15.9 Å². The molecule has 15 heteroatoms. The molecule has 0 N–H and O–H groups in total. The summed E-state index contributed by atoms with van der Waals surface area (Å²) in [6.45, 7) is -0.474. The zero-order chi connectivity index (χ0) is 28.5. The van der Waals surface area contributed by atoms with Crippen LogP contribution in [0.15, 0.2) is 65.6 Å².